The molecule has 7 nitrogen and oxygen atoms in total. The number of nitrogens with two attached hydrogens (primary N) is 1. The summed E-state index contributed by atoms with van der Waals surface area (Å²) in [5, 5.41) is 3.69. The summed E-state index contributed by atoms with van der Waals surface area (Å²) < 4.78 is 94.6. The maximum Gasteiger partial charge on any atom is 0.416 e. The molecule has 0 unspecified atom stereocenters. The zero-order valence-electron chi connectivity index (χ0n) is 16.6. The van der Waals surface area contributed by atoms with Crippen LogP contribution in [0.5, 0.6) is 5.75 Å². The van der Waals surface area contributed by atoms with Crippen molar-refractivity contribution in [3.8, 4) is 5.75 Å². The highest BCUT2D eigenvalue weighted by Crippen LogP contribution is 2.38. The van der Waals surface area contributed by atoms with Crippen molar-refractivity contribution in [3.63, 3.8) is 0 Å². The Balaban J connectivity index is 0.00000125. The van der Waals surface area contributed by atoms with Crippen molar-refractivity contribution in [3.05, 3.63) is 59.4 Å². The number of imide groups is 1. The fraction of sp³-hybridized carbons (Fsp3) is 0.211. The number of hydrogen-bond acceptors (Lipinski definition) is 4. The fourth-order valence-corrected chi connectivity index (χ4v) is 2.04. The van der Waals surface area contributed by atoms with Gasteiger partial charge in [0.2, 0.25) is 5.91 Å². The summed E-state index contributed by atoms with van der Waals surface area (Å²) in [5.41, 5.74) is 0.964. The Kier molecular flexibility index (Phi) is 9.19. The minimum absolute atomic E-state index is 0.102. The molecule has 4 amide bonds. The van der Waals surface area contributed by atoms with Crippen molar-refractivity contribution in [2.24, 2.45) is 5.73 Å². The van der Waals surface area contributed by atoms with Crippen molar-refractivity contribution in [2.75, 3.05) is 11.9 Å². The summed E-state index contributed by atoms with van der Waals surface area (Å²) in [6.45, 7) is 0.239. The minimum atomic E-state index is -5.08. The molecule has 33 heavy (non-hydrogen) atoms. The van der Waals surface area contributed by atoms with Crippen LogP contribution >= 0.6 is 0 Å². The van der Waals surface area contributed by atoms with E-state index in [-0.39, 0.29) is 29.8 Å². The van der Waals surface area contributed by atoms with Crippen molar-refractivity contribution in [2.45, 2.75) is 19.3 Å². The molecule has 0 aliphatic rings. The second kappa shape index (κ2) is 11.2. The van der Waals surface area contributed by atoms with Gasteiger partial charge in [-0.3, -0.25) is 14.9 Å². The number of hydrogen-bond donors (Lipinski definition) is 3. The lowest BCUT2D eigenvalue weighted by Gasteiger charge is -2.14. The minimum Gasteiger partial charge on any atom is -0.484 e. The molecule has 0 spiro atoms. The largest absolute Gasteiger partial charge is 0.484 e. The van der Waals surface area contributed by atoms with Gasteiger partial charge in [-0.05, 0) is 30.3 Å². The first kappa shape index (κ1) is 27.2. The van der Waals surface area contributed by atoms with Gasteiger partial charge in [-0.1, -0.05) is 12.1 Å². The van der Waals surface area contributed by atoms with Crippen LogP contribution in [0.15, 0.2) is 42.5 Å². The molecule has 0 heterocycles. The Morgan fingerprint density at radius 1 is 0.939 bits per heavy atom. The van der Waals surface area contributed by atoms with Crippen molar-refractivity contribution < 1.29 is 49.9 Å². The van der Waals surface area contributed by atoms with Crippen molar-refractivity contribution >= 4 is 23.5 Å². The second-order valence-electron chi connectivity index (χ2n) is 6.12. The van der Waals surface area contributed by atoms with Gasteiger partial charge in [0.15, 0.2) is 6.61 Å². The number of urea groups is 1. The lowest BCUT2D eigenvalue weighted by Crippen LogP contribution is -2.37. The Labute approximate surface area is 181 Å². The molecule has 0 saturated heterocycles. The summed E-state index contributed by atoms with van der Waals surface area (Å²) >= 11 is 0. The third kappa shape index (κ3) is 9.88. The van der Waals surface area contributed by atoms with Crippen LogP contribution in [0.25, 0.3) is 0 Å². The van der Waals surface area contributed by atoms with Gasteiger partial charge < -0.3 is 15.8 Å². The van der Waals surface area contributed by atoms with Crippen molar-refractivity contribution in [1.82, 2.24) is 5.32 Å². The van der Waals surface area contributed by atoms with Crippen LogP contribution in [0.4, 0.5) is 41.2 Å². The number of para-hydroxylation sites is 1. The maximum atomic E-state index is 13.4. The Bertz CT molecular complexity index is 971. The highest BCUT2D eigenvalue weighted by Gasteiger charge is 2.37. The zero-order valence-corrected chi connectivity index (χ0v) is 16.6. The van der Waals surface area contributed by atoms with E-state index in [1.807, 2.05) is 5.32 Å². The van der Waals surface area contributed by atoms with E-state index >= 15 is 0 Å². The van der Waals surface area contributed by atoms with E-state index in [0.717, 1.165) is 6.07 Å². The van der Waals surface area contributed by atoms with Gasteiger partial charge in [0.25, 0.3) is 5.91 Å². The molecule has 2 aromatic rings. The number of carbonyl (C=O) groups is 3. The van der Waals surface area contributed by atoms with Gasteiger partial charge in [-0.2, -0.15) is 26.3 Å². The van der Waals surface area contributed by atoms with E-state index in [9.17, 15) is 45.1 Å². The van der Waals surface area contributed by atoms with Gasteiger partial charge in [0.05, 0.1) is 16.8 Å². The van der Waals surface area contributed by atoms with E-state index in [2.05, 4.69) is 10.5 Å². The van der Waals surface area contributed by atoms with E-state index in [4.69, 9.17) is 0 Å². The number of ether oxygens (including phenoxy) is 1. The third-order valence-electron chi connectivity index (χ3n) is 3.31. The number of primary amides is 1. The lowest BCUT2D eigenvalue weighted by molar-refractivity contribution is -0.143. The number of amides is 4. The number of rotatable bonds is 4. The molecule has 0 aliphatic carbocycles. The molecule has 0 radical (unpaired) electrons. The number of carbonyl (C=O) groups excluding carboxylic acids is 3. The molecule has 180 valence electrons. The first-order chi connectivity index (χ1) is 15.1. The molecule has 0 atom stereocenters. The van der Waals surface area contributed by atoms with Crippen LogP contribution in [-0.4, -0.2) is 24.5 Å². The molecule has 2 rings (SSSR count). The van der Waals surface area contributed by atoms with Crippen LogP contribution in [0.3, 0.4) is 0 Å². The molecular weight excluding hydrogens is 467 g/mol. The number of nitrogens with one attached hydrogen (secondary N) is 2. The second-order valence-corrected chi connectivity index (χ2v) is 6.12. The number of halogens is 7. The van der Waals surface area contributed by atoms with Gasteiger partial charge >= 0.3 is 18.4 Å². The molecule has 4 N–H and O–H groups in total. The van der Waals surface area contributed by atoms with E-state index in [0.29, 0.717) is 0 Å². The van der Waals surface area contributed by atoms with Gasteiger partial charge in [-0.15, -0.1) is 0 Å². The quantitative estimate of drug-likeness (QED) is 0.569. The highest BCUT2D eigenvalue weighted by molar-refractivity contribution is 6.01. The Morgan fingerprint density at radius 3 is 1.88 bits per heavy atom. The Hall–Kier alpha value is -3.84. The average Bonchev–Trinajstić information content (AvgIpc) is 2.66. The summed E-state index contributed by atoms with van der Waals surface area (Å²) in [5.74, 6) is -3.20. The lowest BCUT2D eigenvalue weighted by atomic mass is 10.1. The standard InChI is InChI=1S/C17H11F7N2O3.C2H5NO/c18-12-3-1-2-4-13(12)25-15(28)26-14(27)8-29-11-6-9(16(19,20)21)5-10(7-11)17(22,23)24;1-2(3)4/h1-7H,8H2,(H2,25,26,27,28);1H3,(H2,3,4). The normalized spacial score (nSPS) is 11.0. The Morgan fingerprint density at radius 2 is 1.42 bits per heavy atom. The van der Waals surface area contributed by atoms with E-state index in [1.165, 1.54) is 25.1 Å². The monoisotopic (exact) mass is 483 g/mol. The smallest absolute Gasteiger partial charge is 0.416 e. The SMILES string of the molecule is CC(N)=O.O=C(COc1cc(C(F)(F)F)cc(C(F)(F)F)c1)NC(=O)Nc1ccccc1F. The van der Waals surface area contributed by atoms with Crippen LogP contribution in [0.1, 0.15) is 18.1 Å². The molecular formula is C19H16F7N3O4. The topological polar surface area (TPSA) is 111 Å². The van der Waals surface area contributed by atoms with Crippen LogP contribution in [0.2, 0.25) is 0 Å². The average molecular weight is 483 g/mol. The number of alkyl halides is 6. The first-order valence-electron chi connectivity index (χ1n) is 8.63. The third-order valence-corrected chi connectivity index (χ3v) is 3.31. The number of anilines is 1. The summed E-state index contributed by atoms with van der Waals surface area (Å²) in [7, 11) is 0. The molecule has 2 aromatic carbocycles. The highest BCUT2D eigenvalue weighted by atomic mass is 19.4. The fourth-order valence-electron chi connectivity index (χ4n) is 2.04. The van der Waals surface area contributed by atoms with Crippen LogP contribution in [-0.2, 0) is 21.9 Å². The van der Waals surface area contributed by atoms with Crippen LogP contribution in [0, 0.1) is 5.82 Å². The summed E-state index contributed by atoms with van der Waals surface area (Å²) in [6, 6.07) is 4.25. The molecule has 0 aromatic heterocycles. The summed E-state index contributed by atoms with van der Waals surface area (Å²) in [4.78, 5) is 32.4. The van der Waals surface area contributed by atoms with Gasteiger partial charge in [0.1, 0.15) is 11.6 Å². The maximum absolute atomic E-state index is 13.4. The van der Waals surface area contributed by atoms with E-state index < -0.39 is 53.6 Å². The van der Waals surface area contributed by atoms with Gasteiger partial charge in [-0.25, -0.2) is 9.18 Å². The molecule has 0 fully saturated rings. The molecule has 0 aliphatic heterocycles. The first-order valence-corrected chi connectivity index (χ1v) is 8.63. The van der Waals surface area contributed by atoms with Gasteiger partial charge in [0, 0.05) is 6.92 Å². The van der Waals surface area contributed by atoms with E-state index in [1.54, 1.807) is 5.32 Å². The summed E-state index contributed by atoms with van der Waals surface area (Å²) in [6.07, 6.45) is -10.2. The van der Waals surface area contributed by atoms with Crippen molar-refractivity contribution in [1.29, 1.82) is 0 Å². The number of benzene rings is 2. The predicted octanol–water partition coefficient (Wildman–Crippen LogP) is 4.08. The molecule has 14 heteroatoms. The predicted molar refractivity (Wildman–Crippen MR) is 100 cm³/mol. The van der Waals surface area contributed by atoms with Crippen LogP contribution < -0.4 is 21.1 Å². The molecule has 0 saturated carbocycles. The zero-order chi connectivity index (χ0) is 25.4. The molecule has 0 bridgehead atoms.